The first-order valence-electron chi connectivity index (χ1n) is 8.24. The Kier molecular flexibility index (Phi) is 3.47. The van der Waals surface area contributed by atoms with Crippen molar-refractivity contribution >= 4 is 34.8 Å². The molecule has 0 saturated heterocycles. The van der Waals surface area contributed by atoms with Crippen LogP contribution in [0.1, 0.15) is 31.2 Å². The summed E-state index contributed by atoms with van der Waals surface area (Å²) in [7, 11) is 0. The lowest BCUT2D eigenvalue weighted by Crippen LogP contribution is -2.15. The largest absolute Gasteiger partial charge is 0.326 e. The van der Waals surface area contributed by atoms with E-state index in [1.54, 1.807) is 0 Å². The van der Waals surface area contributed by atoms with E-state index in [1.807, 2.05) is 31.2 Å². The molecule has 0 radical (unpaired) electrons. The number of nitrogens with one attached hydrogen (secondary N) is 1. The minimum atomic E-state index is -0.476. The van der Waals surface area contributed by atoms with Crippen LogP contribution in [-0.4, -0.2) is 10.2 Å². The zero-order valence-corrected chi connectivity index (χ0v) is 14.2. The highest BCUT2D eigenvalue weighted by Crippen LogP contribution is 2.67. The topological polar surface area (TPSA) is 29.1 Å². The predicted octanol–water partition coefficient (Wildman–Crippen LogP) is 4.79. The summed E-state index contributed by atoms with van der Waals surface area (Å²) >= 11 is 12.7. The van der Waals surface area contributed by atoms with Crippen LogP contribution in [0.5, 0.6) is 0 Å². The fourth-order valence-electron chi connectivity index (χ4n) is 4.48. The van der Waals surface area contributed by atoms with Crippen LogP contribution in [0.4, 0.5) is 5.69 Å². The molecule has 3 saturated carbocycles. The summed E-state index contributed by atoms with van der Waals surface area (Å²) in [4.78, 5) is 12.5. The number of halogens is 2. The second-order valence-corrected chi connectivity index (χ2v) is 8.70. The van der Waals surface area contributed by atoms with Crippen molar-refractivity contribution < 1.29 is 4.79 Å². The molecule has 22 heavy (non-hydrogen) atoms. The van der Waals surface area contributed by atoms with Gasteiger partial charge in [-0.15, -0.1) is 23.2 Å². The number of hydrogen-bond donors (Lipinski definition) is 1. The minimum Gasteiger partial charge on any atom is -0.326 e. The Morgan fingerprint density at radius 1 is 1.05 bits per heavy atom. The van der Waals surface area contributed by atoms with Crippen molar-refractivity contribution in [3.05, 3.63) is 29.8 Å². The van der Waals surface area contributed by atoms with Crippen LogP contribution in [0.3, 0.4) is 0 Å². The first-order chi connectivity index (χ1) is 10.5. The second kappa shape index (κ2) is 5.14. The van der Waals surface area contributed by atoms with E-state index in [1.165, 1.54) is 5.56 Å². The summed E-state index contributed by atoms with van der Waals surface area (Å²) in [6.07, 6.45) is 4.35. The van der Waals surface area contributed by atoms with E-state index in [9.17, 15) is 4.79 Å². The van der Waals surface area contributed by atoms with E-state index in [0.717, 1.165) is 31.4 Å². The lowest BCUT2D eigenvalue weighted by Gasteiger charge is -2.05. The molecule has 0 spiro atoms. The quantitative estimate of drug-likeness (QED) is 0.772. The molecule has 0 bridgehead atoms. The lowest BCUT2D eigenvalue weighted by molar-refractivity contribution is -0.117. The molecule has 3 aliphatic rings. The Hall–Kier alpha value is -0.730. The minimum absolute atomic E-state index is 0.192. The molecule has 0 aromatic heterocycles. The fourth-order valence-corrected chi connectivity index (χ4v) is 5.39. The molecule has 1 amide bonds. The van der Waals surface area contributed by atoms with Crippen molar-refractivity contribution in [3.63, 3.8) is 0 Å². The lowest BCUT2D eigenvalue weighted by atomic mass is 10.0. The van der Waals surface area contributed by atoms with Gasteiger partial charge < -0.3 is 5.32 Å². The first kappa shape index (κ1) is 14.8. The molecule has 3 aliphatic carbocycles. The number of aryl methyl sites for hydroxylation is 1. The normalized spacial score (nSPS) is 38.0. The van der Waals surface area contributed by atoms with E-state index < -0.39 is 4.33 Å². The number of carbonyl (C=O) groups is 1. The molecule has 0 unspecified atom stereocenters. The van der Waals surface area contributed by atoms with Gasteiger partial charge in [0.25, 0.3) is 0 Å². The number of fused-ring (bicyclic) bond motifs is 2. The van der Waals surface area contributed by atoms with Crippen molar-refractivity contribution in [2.24, 2.45) is 29.6 Å². The average Bonchev–Trinajstić information content (AvgIpc) is 3.26. The molecule has 2 nitrogen and oxygen atoms in total. The van der Waals surface area contributed by atoms with Crippen LogP contribution in [0.25, 0.3) is 0 Å². The van der Waals surface area contributed by atoms with Gasteiger partial charge in [0, 0.05) is 11.6 Å². The van der Waals surface area contributed by atoms with Crippen molar-refractivity contribution in [2.75, 3.05) is 5.32 Å². The number of amides is 1. The molecule has 4 rings (SSSR count). The molecule has 4 atom stereocenters. The smallest absolute Gasteiger partial charge is 0.228 e. The number of benzene rings is 1. The third-order valence-corrected chi connectivity index (χ3v) is 7.06. The summed E-state index contributed by atoms with van der Waals surface area (Å²) < 4.78 is -0.476. The molecule has 0 heterocycles. The Morgan fingerprint density at radius 3 is 2.14 bits per heavy atom. The van der Waals surface area contributed by atoms with Crippen LogP contribution >= 0.6 is 23.2 Å². The maximum atomic E-state index is 12.5. The molecular weight excluding hydrogens is 317 g/mol. The SMILES string of the molecule is Cc1ccc(NC(=O)C2[C@@H]3CC[C@@H]4[C@@H](CC[C@@H]23)C4(Cl)Cl)cc1. The van der Waals surface area contributed by atoms with Gasteiger partial charge in [0.15, 0.2) is 0 Å². The van der Waals surface area contributed by atoms with Crippen LogP contribution in [0.2, 0.25) is 0 Å². The molecule has 1 aromatic carbocycles. The summed E-state index contributed by atoms with van der Waals surface area (Å²) in [5, 5.41) is 3.08. The van der Waals surface area contributed by atoms with Crippen LogP contribution in [0.15, 0.2) is 24.3 Å². The maximum Gasteiger partial charge on any atom is 0.228 e. The molecule has 4 heteroatoms. The molecule has 0 aliphatic heterocycles. The van der Waals surface area contributed by atoms with E-state index >= 15 is 0 Å². The average molecular weight is 338 g/mol. The number of carbonyl (C=O) groups excluding carboxylic acids is 1. The van der Waals surface area contributed by atoms with Gasteiger partial charge in [-0.2, -0.15) is 0 Å². The van der Waals surface area contributed by atoms with Gasteiger partial charge in [-0.05, 0) is 68.4 Å². The van der Waals surface area contributed by atoms with Gasteiger partial charge in [0.1, 0.15) is 4.33 Å². The highest BCUT2D eigenvalue weighted by atomic mass is 35.5. The predicted molar refractivity (Wildman–Crippen MR) is 90.2 cm³/mol. The van der Waals surface area contributed by atoms with Gasteiger partial charge in [-0.25, -0.2) is 0 Å². The Balaban J connectivity index is 1.37. The number of rotatable bonds is 2. The van der Waals surface area contributed by atoms with Gasteiger partial charge in [-0.3, -0.25) is 4.79 Å². The van der Waals surface area contributed by atoms with Gasteiger partial charge in [0.05, 0.1) is 0 Å². The van der Waals surface area contributed by atoms with Crippen molar-refractivity contribution in [3.8, 4) is 0 Å². The second-order valence-electron chi connectivity index (χ2n) is 7.25. The molecule has 3 fully saturated rings. The van der Waals surface area contributed by atoms with Crippen molar-refractivity contribution in [2.45, 2.75) is 36.9 Å². The van der Waals surface area contributed by atoms with Crippen LogP contribution in [-0.2, 0) is 4.79 Å². The third-order valence-electron chi connectivity index (χ3n) is 5.94. The van der Waals surface area contributed by atoms with E-state index in [-0.39, 0.29) is 11.8 Å². The standard InChI is InChI=1S/C18H21Cl2NO/c1-10-2-4-11(5-3-10)21-17(22)16-12-6-8-14-15(18(14,19)20)9-7-13(12)16/h2-5,12-16H,6-9H2,1H3,(H,21,22)/t12-,13-,14-,15-/m1/s1. The monoisotopic (exact) mass is 337 g/mol. The summed E-state index contributed by atoms with van der Waals surface area (Å²) in [6.45, 7) is 2.05. The fraction of sp³-hybridized carbons (Fsp3) is 0.611. The molecule has 1 aromatic rings. The van der Waals surface area contributed by atoms with Crippen LogP contribution < -0.4 is 5.32 Å². The maximum absolute atomic E-state index is 12.5. The molecule has 1 N–H and O–H groups in total. The number of anilines is 1. The highest BCUT2D eigenvalue weighted by Gasteiger charge is 2.65. The van der Waals surface area contributed by atoms with Crippen LogP contribution in [0, 0.1) is 36.5 Å². The highest BCUT2D eigenvalue weighted by molar-refractivity contribution is 6.51. The van der Waals surface area contributed by atoms with E-state index in [0.29, 0.717) is 23.7 Å². The number of alkyl halides is 2. The number of hydrogen-bond acceptors (Lipinski definition) is 1. The Bertz CT molecular complexity index is 576. The summed E-state index contributed by atoms with van der Waals surface area (Å²) in [6, 6.07) is 8.00. The van der Waals surface area contributed by atoms with Crippen molar-refractivity contribution in [1.82, 2.24) is 0 Å². The summed E-state index contributed by atoms with van der Waals surface area (Å²) in [5.41, 5.74) is 2.11. The molecule has 118 valence electrons. The van der Waals surface area contributed by atoms with Crippen molar-refractivity contribution in [1.29, 1.82) is 0 Å². The summed E-state index contributed by atoms with van der Waals surface area (Å²) in [5.74, 6) is 2.37. The van der Waals surface area contributed by atoms with E-state index in [4.69, 9.17) is 23.2 Å². The third kappa shape index (κ3) is 2.45. The Labute approximate surface area is 141 Å². The van der Waals surface area contributed by atoms with Gasteiger partial charge >= 0.3 is 0 Å². The van der Waals surface area contributed by atoms with Gasteiger partial charge in [-0.1, -0.05) is 17.7 Å². The first-order valence-corrected chi connectivity index (χ1v) is 8.99. The molecular formula is C18H21Cl2NO. The zero-order chi connectivity index (χ0) is 15.5. The van der Waals surface area contributed by atoms with Gasteiger partial charge in [0.2, 0.25) is 5.91 Å². The Morgan fingerprint density at radius 2 is 1.59 bits per heavy atom. The van der Waals surface area contributed by atoms with E-state index in [2.05, 4.69) is 5.32 Å². The zero-order valence-electron chi connectivity index (χ0n) is 12.7.